The van der Waals surface area contributed by atoms with Crippen molar-refractivity contribution in [2.45, 2.75) is 19.9 Å². The number of esters is 1. The molecule has 0 saturated heterocycles. The van der Waals surface area contributed by atoms with Crippen LogP contribution in [0.1, 0.15) is 31.0 Å². The summed E-state index contributed by atoms with van der Waals surface area (Å²) in [6.07, 6.45) is 1.76. The van der Waals surface area contributed by atoms with Gasteiger partial charge in [0.25, 0.3) is 5.56 Å². The van der Waals surface area contributed by atoms with Crippen molar-refractivity contribution in [2.75, 3.05) is 13.7 Å². The highest BCUT2D eigenvalue weighted by Crippen LogP contribution is 2.30. The number of ether oxygens (including phenoxy) is 2. The molecule has 0 saturated carbocycles. The monoisotopic (exact) mass is 452 g/mol. The van der Waals surface area contributed by atoms with Crippen molar-refractivity contribution in [3.63, 3.8) is 0 Å². The minimum absolute atomic E-state index is 0.187. The molecular weight excluding hydrogens is 431 g/mol. The first-order chi connectivity index (χ1) is 15.4. The lowest BCUT2D eigenvalue weighted by molar-refractivity contribution is -0.139. The van der Waals surface area contributed by atoms with Gasteiger partial charge in [0.2, 0.25) is 0 Å². The number of nitrogens with zero attached hydrogens (tertiary/aromatic N) is 2. The zero-order valence-corrected chi connectivity index (χ0v) is 18.6. The van der Waals surface area contributed by atoms with Crippen molar-refractivity contribution in [3.8, 4) is 5.75 Å². The largest absolute Gasteiger partial charge is 0.497 e. The van der Waals surface area contributed by atoms with Crippen molar-refractivity contribution in [3.05, 3.63) is 96.4 Å². The first kappa shape index (κ1) is 21.7. The second-order valence-corrected chi connectivity index (χ2v) is 8.14. The molecule has 0 amide bonds. The average Bonchev–Trinajstić information content (AvgIpc) is 3.08. The summed E-state index contributed by atoms with van der Waals surface area (Å²) in [5.74, 6) is -0.279. The summed E-state index contributed by atoms with van der Waals surface area (Å²) in [5.41, 5.74) is 1.83. The van der Waals surface area contributed by atoms with E-state index < -0.39 is 17.8 Å². The van der Waals surface area contributed by atoms with Gasteiger partial charge in [-0.05, 0) is 55.3 Å². The Labute approximate surface area is 187 Å². The smallest absolute Gasteiger partial charge is 0.338 e. The third kappa shape index (κ3) is 4.01. The van der Waals surface area contributed by atoms with Gasteiger partial charge < -0.3 is 9.47 Å². The standard InChI is InChI=1S/C24H21FN2O4S/c1-4-31-23(29)20-14(2)26-24-27(21(20)16-8-10-17(25)11-9-16)22(28)19(32-24)13-15-6-5-7-18(12-15)30-3/h5-13,21H,4H2,1-3H3/b19-13+/t21-/m0/s1. The van der Waals surface area contributed by atoms with E-state index >= 15 is 0 Å². The maximum atomic E-state index is 13.6. The molecule has 0 fully saturated rings. The van der Waals surface area contributed by atoms with Crippen LogP contribution < -0.4 is 19.6 Å². The number of benzene rings is 2. The molecule has 164 valence electrons. The second kappa shape index (κ2) is 8.92. The van der Waals surface area contributed by atoms with Crippen LogP contribution >= 0.6 is 11.3 Å². The average molecular weight is 453 g/mol. The number of methoxy groups -OCH3 is 1. The van der Waals surface area contributed by atoms with E-state index in [-0.39, 0.29) is 17.7 Å². The zero-order valence-electron chi connectivity index (χ0n) is 17.8. The first-order valence-corrected chi connectivity index (χ1v) is 10.8. The van der Waals surface area contributed by atoms with Crippen molar-refractivity contribution >= 4 is 23.4 Å². The van der Waals surface area contributed by atoms with E-state index in [4.69, 9.17) is 9.47 Å². The number of allylic oxidation sites excluding steroid dienone is 1. The number of aromatic nitrogens is 1. The number of hydrogen-bond donors (Lipinski definition) is 0. The van der Waals surface area contributed by atoms with E-state index in [0.29, 0.717) is 26.3 Å². The van der Waals surface area contributed by atoms with Gasteiger partial charge >= 0.3 is 5.97 Å². The third-order valence-corrected chi connectivity index (χ3v) is 6.08. The highest BCUT2D eigenvalue weighted by atomic mass is 32.1. The van der Waals surface area contributed by atoms with Crippen LogP contribution in [-0.4, -0.2) is 24.3 Å². The van der Waals surface area contributed by atoms with Gasteiger partial charge in [0.05, 0.1) is 35.6 Å². The molecular formula is C24H21FN2O4S. The predicted octanol–water partition coefficient (Wildman–Crippen LogP) is 2.95. The van der Waals surface area contributed by atoms with E-state index in [1.54, 1.807) is 39.2 Å². The number of thiazole rings is 1. The Morgan fingerprint density at radius 2 is 2.00 bits per heavy atom. The lowest BCUT2D eigenvalue weighted by Crippen LogP contribution is -2.39. The van der Waals surface area contributed by atoms with Crippen molar-refractivity contribution < 1.29 is 18.7 Å². The second-order valence-electron chi connectivity index (χ2n) is 7.13. The summed E-state index contributed by atoms with van der Waals surface area (Å²) < 4.78 is 26.0. The van der Waals surface area contributed by atoms with Gasteiger partial charge in [-0.25, -0.2) is 14.2 Å². The third-order valence-electron chi connectivity index (χ3n) is 5.09. The van der Waals surface area contributed by atoms with E-state index in [0.717, 1.165) is 5.56 Å². The summed E-state index contributed by atoms with van der Waals surface area (Å²) in [4.78, 5) is 31.2. The highest BCUT2D eigenvalue weighted by Gasteiger charge is 2.33. The molecule has 2 heterocycles. The number of carbonyl (C=O) groups is 1. The molecule has 6 nitrogen and oxygen atoms in total. The van der Waals surface area contributed by atoms with E-state index in [2.05, 4.69) is 4.99 Å². The molecule has 0 bridgehead atoms. The molecule has 32 heavy (non-hydrogen) atoms. The topological polar surface area (TPSA) is 69.9 Å². The Balaban J connectivity index is 1.94. The van der Waals surface area contributed by atoms with Crippen molar-refractivity contribution in [1.82, 2.24) is 4.57 Å². The summed E-state index contributed by atoms with van der Waals surface area (Å²) in [6.45, 7) is 3.61. The maximum Gasteiger partial charge on any atom is 0.338 e. The Morgan fingerprint density at radius 3 is 2.69 bits per heavy atom. The molecule has 4 rings (SSSR count). The van der Waals surface area contributed by atoms with E-state index in [1.807, 2.05) is 24.3 Å². The normalized spacial score (nSPS) is 15.9. The van der Waals surface area contributed by atoms with Gasteiger partial charge in [0, 0.05) is 0 Å². The Hall–Kier alpha value is -3.52. The Kier molecular flexibility index (Phi) is 6.05. The first-order valence-electron chi connectivity index (χ1n) is 10.0. The maximum absolute atomic E-state index is 13.6. The van der Waals surface area contributed by atoms with Gasteiger partial charge in [-0.2, -0.15) is 0 Å². The minimum atomic E-state index is -0.765. The lowest BCUT2D eigenvalue weighted by atomic mass is 9.96. The van der Waals surface area contributed by atoms with Crippen molar-refractivity contribution in [1.29, 1.82) is 0 Å². The van der Waals surface area contributed by atoms with E-state index in [1.165, 1.54) is 28.0 Å². The molecule has 1 atom stereocenters. The molecule has 1 aliphatic heterocycles. The van der Waals surface area contributed by atoms with Gasteiger partial charge in [-0.3, -0.25) is 9.36 Å². The Morgan fingerprint density at radius 1 is 1.25 bits per heavy atom. The number of halogens is 1. The highest BCUT2D eigenvalue weighted by molar-refractivity contribution is 7.07. The molecule has 8 heteroatoms. The van der Waals surface area contributed by atoms with Crippen LogP contribution in [0.2, 0.25) is 0 Å². The predicted molar refractivity (Wildman–Crippen MR) is 120 cm³/mol. The molecule has 0 N–H and O–H groups in total. The number of carbonyl (C=O) groups excluding carboxylic acids is 1. The SMILES string of the molecule is CCOC(=O)C1=C(C)N=c2s/c(=C/c3cccc(OC)c3)c(=O)n2[C@H]1c1ccc(F)cc1. The number of hydrogen-bond acceptors (Lipinski definition) is 6. The van der Waals surface area contributed by atoms with Gasteiger partial charge in [0.1, 0.15) is 11.6 Å². The van der Waals surface area contributed by atoms with E-state index in [9.17, 15) is 14.0 Å². The van der Waals surface area contributed by atoms with Gasteiger partial charge in [-0.1, -0.05) is 35.6 Å². The Bertz CT molecular complexity index is 1390. The summed E-state index contributed by atoms with van der Waals surface area (Å²) in [5, 5.41) is 0. The van der Waals surface area contributed by atoms with Gasteiger partial charge in [-0.15, -0.1) is 0 Å². The zero-order chi connectivity index (χ0) is 22.8. The number of rotatable bonds is 5. The van der Waals surface area contributed by atoms with Gasteiger partial charge in [0.15, 0.2) is 4.80 Å². The molecule has 0 spiro atoms. The fraction of sp³-hybridized carbons (Fsp3) is 0.208. The molecule has 0 radical (unpaired) electrons. The summed E-state index contributed by atoms with van der Waals surface area (Å²) in [6, 6.07) is 12.3. The van der Waals surface area contributed by atoms with Crippen LogP contribution in [0.3, 0.4) is 0 Å². The van der Waals surface area contributed by atoms with Crippen molar-refractivity contribution in [2.24, 2.45) is 4.99 Å². The number of fused-ring (bicyclic) bond motifs is 1. The molecule has 1 aliphatic rings. The molecule has 0 aliphatic carbocycles. The molecule has 0 unspecified atom stereocenters. The molecule has 1 aromatic heterocycles. The molecule has 2 aromatic carbocycles. The molecule has 3 aromatic rings. The summed E-state index contributed by atoms with van der Waals surface area (Å²) >= 11 is 1.23. The quantitative estimate of drug-likeness (QED) is 0.558. The fourth-order valence-corrected chi connectivity index (χ4v) is 4.68. The minimum Gasteiger partial charge on any atom is -0.497 e. The van der Waals surface area contributed by atoms with Crippen LogP contribution in [0.4, 0.5) is 4.39 Å². The van der Waals surface area contributed by atoms with Crippen LogP contribution in [0.15, 0.2) is 69.6 Å². The fourth-order valence-electron chi connectivity index (χ4n) is 3.63. The van der Waals surface area contributed by atoms with Crippen LogP contribution in [0.5, 0.6) is 5.75 Å². The summed E-state index contributed by atoms with van der Waals surface area (Å²) in [7, 11) is 1.58. The van der Waals surface area contributed by atoms with Crippen LogP contribution in [-0.2, 0) is 9.53 Å². The van der Waals surface area contributed by atoms with Crippen LogP contribution in [0, 0.1) is 5.82 Å². The lowest BCUT2D eigenvalue weighted by Gasteiger charge is -2.24. The van der Waals surface area contributed by atoms with Crippen LogP contribution in [0.25, 0.3) is 6.08 Å².